The highest BCUT2D eigenvalue weighted by molar-refractivity contribution is 5.95. The number of rotatable bonds is 6. The summed E-state index contributed by atoms with van der Waals surface area (Å²) in [6.07, 6.45) is 3.06. The molecule has 0 fully saturated rings. The number of carbonyl (C=O) groups is 1. The summed E-state index contributed by atoms with van der Waals surface area (Å²) in [5, 5.41) is 7.27. The zero-order valence-corrected chi connectivity index (χ0v) is 12.3. The maximum absolute atomic E-state index is 11.5. The Hall–Kier alpha value is -1.94. The van der Waals surface area contributed by atoms with Gasteiger partial charge in [-0.3, -0.25) is 9.89 Å². The Morgan fingerprint density at radius 1 is 1.40 bits per heavy atom. The van der Waals surface area contributed by atoms with Gasteiger partial charge in [-0.2, -0.15) is 5.10 Å². The van der Waals surface area contributed by atoms with Crippen molar-refractivity contribution in [1.29, 1.82) is 0 Å². The average molecular weight is 271 g/mol. The molecule has 0 spiro atoms. The summed E-state index contributed by atoms with van der Waals surface area (Å²) in [4.78, 5) is 13.7. The quantitative estimate of drug-likeness (QED) is 0.821. The van der Waals surface area contributed by atoms with Crippen LogP contribution in [0, 0.1) is 0 Å². The minimum atomic E-state index is 0.0760. The fourth-order valence-electron chi connectivity index (χ4n) is 2.32. The van der Waals surface area contributed by atoms with Crippen molar-refractivity contribution in [3.63, 3.8) is 0 Å². The molecule has 20 heavy (non-hydrogen) atoms. The van der Waals surface area contributed by atoms with Crippen LogP contribution in [0.4, 0.5) is 0 Å². The summed E-state index contributed by atoms with van der Waals surface area (Å²) in [7, 11) is 2.10. The van der Waals surface area contributed by atoms with Crippen LogP contribution in [-0.4, -0.2) is 34.5 Å². The lowest BCUT2D eigenvalue weighted by atomic mass is 10.0. The van der Waals surface area contributed by atoms with E-state index in [0.29, 0.717) is 0 Å². The Morgan fingerprint density at radius 2 is 2.20 bits per heavy atom. The van der Waals surface area contributed by atoms with Gasteiger partial charge in [0.25, 0.3) is 0 Å². The zero-order valence-electron chi connectivity index (χ0n) is 12.3. The predicted molar refractivity (Wildman–Crippen MR) is 80.7 cm³/mol. The number of aromatic amines is 1. The van der Waals surface area contributed by atoms with Gasteiger partial charge in [-0.15, -0.1) is 0 Å². The molecule has 0 bridgehead atoms. The third kappa shape index (κ3) is 3.33. The summed E-state index contributed by atoms with van der Waals surface area (Å²) >= 11 is 0. The third-order valence-electron chi connectivity index (χ3n) is 3.31. The number of Topliss-reactive ketones (excluding diaryl/α,β-unsaturated/α-hetero) is 1. The van der Waals surface area contributed by atoms with Gasteiger partial charge in [0.05, 0.1) is 5.69 Å². The first-order valence-corrected chi connectivity index (χ1v) is 6.94. The normalized spacial score (nSPS) is 11.0. The molecule has 2 aromatic rings. The van der Waals surface area contributed by atoms with E-state index in [4.69, 9.17) is 0 Å². The number of aromatic nitrogens is 2. The van der Waals surface area contributed by atoms with Crippen LogP contribution in [0.3, 0.4) is 0 Å². The highest BCUT2D eigenvalue weighted by atomic mass is 16.1. The van der Waals surface area contributed by atoms with E-state index in [9.17, 15) is 4.79 Å². The highest BCUT2D eigenvalue weighted by Gasteiger charge is 2.11. The number of H-pyrrole nitrogens is 1. The molecule has 1 heterocycles. The fraction of sp³-hybridized carbons (Fsp3) is 0.375. The number of carbonyl (C=O) groups excluding carboxylic acids is 1. The average Bonchev–Trinajstić information content (AvgIpc) is 2.87. The second-order valence-corrected chi connectivity index (χ2v) is 5.13. The van der Waals surface area contributed by atoms with Gasteiger partial charge in [-0.25, -0.2) is 0 Å². The van der Waals surface area contributed by atoms with Crippen LogP contribution >= 0.6 is 0 Å². The lowest BCUT2D eigenvalue weighted by Gasteiger charge is -2.15. The van der Waals surface area contributed by atoms with Crippen molar-refractivity contribution in [3.8, 4) is 11.3 Å². The van der Waals surface area contributed by atoms with E-state index in [0.717, 1.165) is 41.9 Å². The summed E-state index contributed by atoms with van der Waals surface area (Å²) in [6.45, 7) is 5.66. The van der Waals surface area contributed by atoms with Crippen LogP contribution in [0.1, 0.15) is 36.2 Å². The first-order chi connectivity index (χ1) is 9.61. The molecule has 0 amide bonds. The van der Waals surface area contributed by atoms with E-state index in [-0.39, 0.29) is 5.78 Å². The molecule has 0 atom stereocenters. The lowest BCUT2D eigenvalue weighted by Crippen LogP contribution is -2.18. The Balaban J connectivity index is 2.27. The molecule has 106 valence electrons. The number of hydrogen-bond acceptors (Lipinski definition) is 3. The monoisotopic (exact) mass is 271 g/mol. The minimum Gasteiger partial charge on any atom is -0.302 e. The molecule has 4 nitrogen and oxygen atoms in total. The van der Waals surface area contributed by atoms with Crippen molar-refractivity contribution >= 4 is 5.78 Å². The molecule has 0 aliphatic carbocycles. The smallest absolute Gasteiger partial charge is 0.159 e. The molecule has 0 saturated heterocycles. The van der Waals surface area contributed by atoms with Gasteiger partial charge in [-0.1, -0.05) is 25.1 Å². The summed E-state index contributed by atoms with van der Waals surface area (Å²) in [6, 6.07) is 7.63. The summed E-state index contributed by atoms with van der Waals surface area (Å²) in [5.41, 5.74) is 3.79. The number of nitrogens with zero attached hydrogens (tertiary/aromatic N) is 2. The Morgan fingerprint density at radius 3 is 2.90 bits per heavy atom. The van der Waals surface area contributed by atoms with Crippen molar-refractivity contribution in [2.75, 3.05) is 13.6 Å². The zero-order chi connectivity index (χ0) is 14.5. The molecule has 0 radical (unpaired) electrons. The second-order valence-electron chi connectivity index (χ2n) is 5.13. The molecule has 4 heteroatoms. The first kappa shape index (κ1) is 14.5. The van der Waals surface area contributed by atoms with E-state index in [1.165, 1.54) is 0 Å². The van der Waals surface area contributed by atoms with Crippen LogP contribution in [0.15, 0.2) is 30.5 Å². The van der Waals surface area contributed by atoms with Crippen molar-refractivity contribution in [2.45, 2.75) is 26.8 Å². The molecule has 0 aliphatic rings. The van der Waals surface area contributed by atoms with Gasteiger partial charge in [0, 0.05) is 29.4 Å². The molecule has 1 aromatic carbocycles. The molecule has 0 aliphatic heterocycles. The summed E-state index contributed by atoms with van der Waals surface area (Å²) in [5.74, 6) is 0.0760. The van der Waals surface area contributed by atoms with E-state index >= 15 is 0 Å². The molecule has 0 saturated carbocycles. The van der Waals surface area contributed by atoms with E-state index in [1.54, 1.807) is 6.92 Å². The van der Waals surface area contributed by atoms with Crippen molar-refractivity contribution in [3.05, 3.63) is 41.6 Å². The van der Waals surface area contributed by atoms with Gasteiger partial charge >= 0.3 is 0 Å². The number of nitrogens with one attached hydrogen (secondary N) is 1. The molecule has 1 aromatic heterocycles. The Labute approximate surface area is 119 Å². The minimum absolute atomic E-state index is 0.0760. The van der Waals surface area contributed by atoms with Gasteiger partial charge in [0.2, 0.25) is 0 Å². The topological polar surface area (TPSA) is 49.0 Å². The lowest BCUT2D eigenvalue weighted by molar-refractivity contribution is 0.101. The number of ketones is 1. The van der Waals surface area contributed by atoms with Crippen LogP contribution in [0.25, 0.3) is 11.3 Å². The fourth-order valence-corrected chi connectivity index (χ4v) is 2.32. The van der Waals surface area contributed by atoms with E-state index in [2.05, 4.69) is 29.1 Å². The van der Waals surface area contributed by atoms with Gasteiger partial charge < -0.3 is 4.90 Å². The second kappa shape index (κ2) is 6.48. The van der Waals surface area contributed by atoms with Crippen LogP contribution in [0.5, 0.6) is 0 Å². The maximum atomic E-state index is 11.5. The maximum Gasteiger partial charge on any atom is 0.159 e. The Bertz CT molecular complexity index is 589. The number of benzene rings is 1. The van der Waals surface area contributed by atoms with Crippen LogP contribution in [-0.2, 0) is 6.54 Å². The molecular weight excluding hydrogens is 250 g/mol. The van der Waals surface area contributed by atoms with Crippen LogP contribution in [0.2, 0.25) is 0 Å². The predicted octanol–water partition coefficient (Wildman–Crippen LogP) is 3.12. The molecule has 1 N–H and O–H groups in total. The van der Waals surface area contributed by atoms with Gasteiger partial charge in [-0.05, 0) is 33.0 Å². The molecule has 0 unspecified atom stereocenters. The number of hydrogen-bond donors (Lipinski definition) is 1. The highest BCUT2D eigenvalue weighted by Crippen LogP contribution is 2.23. The van der Waals surface area contributed by atoms with Crippen LogP contribution < -0.4 is 0 Å². The van der Waals surface area contributed by atoms with Crippen molar-refractivity contribution in [1.82, 2.24) is 15.1 Å². The standard InChI is InChI=1S/C16H21N3O/c1-4-8-19(3)11-15-10-17-18-16(15)14-7-5-6-13(9-14)12(2)20/h5-7,9-10H,4,8,11H2,1-3H3,(H,17,18). The Kier molecular flexibility index (Phi) is 4.69. The van der Waals surface area contributed by atoms with Crippen molar-refractivity contribution < 1.29 is 4.79 Å². The van der Waals surface area contributed by atoms with Crippen molar-refractivity contribution in [2.24, 2.45) is 0 Å². The van der Waals surface area contributed by atoms with Gasteiger partial charge in [0.1, 0.15) is 0 Å². The molecule has 2 rings (SSSR count). The third-order valence-corrected chi connectivity index (χ3v) is 3.31. The summed E-state index contributed by atoms with van der Waals surface area (Å²) < 4.78 is 0. The van der Waals surface area contributed by atoms with Gasteiger partial charge in [0.15, 0.2) is 5.78 Å². The van der Waals surface area contributed by atoms with E-state index in [1.807, 2.05) is 30.5 Å². The van der Waals surface area contributed by atoms with E-state index < -0.39 is 0 Å². The SMILES string of the molecule is CCCN(C)Cc1c[nH]nc1-c1cccc(C(C)=O)c1. The first-order valence-electron chi connectivity index (χ1n) is 6.94. The largest absolute Gasteiger partial charge is 0.302 e. The molecular formula is C16H21N3O.